The number of ether oxygens (including phenoxy) is 1. The monoisotopic (exact) mass is 486 g/mol. The summed E-state index contributed by atoms with van der Waals surface area (Å²) in [5.74, 6) is -1.22. The van der Waals surface area contributed by atoms with E-state index in [-0.39, 0.29) is 30.5 Å². The van der Waals surface area contributed by atoms with E-state index < -0.39 is 5.97 Å². The third kappa shape index (κ3) is 6.47. The van der Waals surface area contributed by atoms with Crippen LogP contribution in [0.25, 0.3) is 0 Å². The Morgan fingerprint density at radius 3 is 2.45 bits per heavy atom. The summed E-state index contributed by atoms with van der Waals surface area (Å²) in [6.45, 7) is 6.19. The van der Waals surface area contributed by atoms with Crippen LogP contribution < -0.4 is 10.6 Å². The number of nitrogens with zero attached hydrogens (tertiary/aromatic N) is 2. The SMILES string of the molecule is CCOC(=O)c1c(NC(=O)CN(C)Cc2cnc(C)s2)sc(C(=O)Nc2ccccc2)c1C. The zero-order chi connectivity index (χ0) is 24.0. The number of rotatable bonds is 9. The molecule has 0 spiro atoms. The van der Waals surface area contributed by atoms with E-state index in [1.54, 1.807) is 43.5 Å². The van der Waals surface area contributed by atoms with E-state index in [1.165, 1.54) is 0 Å². The Bertz CT molecular complexity index is 1140. The van der Waals surface area contributed by atoms with Crippen molar-refractivity contribution in [3.8, 4) is 0 Å². The summed E-state index contributed by atoms with van der Waals surface area (Å²) >= 11 is 2.64. The van der Waals surface area contributed by atoms with Crippen molar-refractivity contribution in [1.29, 1.82) is 0 Å². The average Bonchev–Trinajstić information content (AvgIpc) is 3.31. The second kappa shape index (κ2) is 11.2. The van der Waals surface area contributed by atoms with Crippen molar-refractivity contribution in [2.24, 2.45) is 0 Å². The highest BCUT2D eigenvalue weighted by atomic mass is 32.1. The number of nitrogens with one attached hydrogen (secondary N) is 2. The third-order valence-corrected chi connectivity index (χ3v) is 6.73. The molecule has 0 bridgehead atoms. The van der Waals surface area contributed by atoms with Gasteiger partial charge in [-0.2, -0.15) is 0 Å². The lowest BCUT2D eigenvalue weighted by Crippen LogP contribution is -2.29. The minimum atomic E-state index is -0.575. The van der Waals surface area contributed by atoms with Crippen molar-refractivity contribution in [2.75, 3.05) is 30.8 Å². The highest BCUT2D eigenvalue weighted by Gasteiger charge is 2.27. The van der Waals surface area contributed by atoms with E-state index in [0.717, 1.165) is 21.2 Å². The standard InChI is InChI=1S/C23H26N4O4S2/c1-5-31-23(30)19-14(2)20(21(29)25-16-9-7-6-8-10-16)33-22(19)26-18(28)13-27(4)12-17-11-24-15(3)32-17/h6-11H,5,12-13H2,1-4H3,(H,25,29)(H,26,28). The summed E-state index contributed by atoms with van der Waals surface area (Å²) in [6.07, 6.45) is 1.80. The maximum atomic E-state index is 12.9. The molecule has 0 aliphatic heterocycles. The fraction of sp³-hybridized carbons (Fsp3) is 0.304. The largest absolute Gasteiger partial charge is 0.462 e. The van der Waals surface area contributed by atoms with Crippen molar-refractivity contribution in [1.82, 2.24) is 9.88 Å². The lowest BCUT2D eigenvalue weighted by molar-refractivity contribution is -0.117. The molecule has 1 aromatic carbocycles. The van der Waals surface area contributed by atoms with Gasteiger partial charge in [-0.05, 0) is 45.5 Å². The van der Waals surface area contributed by atoms with Gasteiger partial charge >= 0.3 is 5.97 Å². The number of carbonyl (C=O) groups excluding carboxylic acids is 3. The molecule has 0 saturated carbocycles. The van der Waals surface area contributed by atoms with Crippen LogP contribution in [0.3, 0.4) is 0 Å². The van der Waals surface area contributed by atoms with Crippen molar-refractivity contribution in [2.45, 2.75) is 27.3 Å². The number of thiophene rings is 1. The van der Waals surface area contributed by atoms with Gasteiger partial charge in [0.2, 0.25) is 5.91 Å². The predicted molar refractivity (Wildman–Crippen MR) is 131 cm³/mol. The number of anilines is 2. The van der Waals surface area contributed by atoms with Crippen LogP contribution in [-0.4, -0.2) is 47.9 Å². The molecule has 0 saturated heterocycles. The number of para-hydroxylation sites is 1. The van der Waals surface area contributed by atoms with Crippen LogP contribution in [0.2, 0.25) is 0 Å². The van der Waals surface area contributed by atoms with Crippen LogP contribution in [-0.2, 0) is 16.1 Å². The zero-order valence-corrected chi connectivity index (χ0v) is 20.6. The molecule has 2 heterocycles. The Morgan fingerprint density at radius 1 is 1.09 bits per heavy atom. The molecule has 0 aliphatic carbocycles. The molecule has 0 fully saturated rings. The van der Waals surface area contributed by atoms with Gasteiger partial charge in [0, 0.05) is 23.3 Å². The lowest BCUT2D eigenvalue weighted by atomic mass is 10.1. The Labute approximate surface area is 200 Å². The number of benzene rings is 1. The van der Waals surface area contributed by atoms with E-state index in [4.69, 9.17) is 4.74 Å². The summed E-state index contributed by atoms with van der Waals surface area (Å²) < 4.78 is 5.17. The number of hydrogen-bond acceptors (Lipinski definition) is 8. The van der Waals surface area contributed by atoms with Crippen molar-refractivity contribution in [3.05, 3.63) is 62.4 Å². The topological polar surface area (TPSA) is 101 Å². The number of amides is 2. The molecule has 8 nitrogen and oxygen atoms in total. The molecule has 10 heteroatoms. The van der Waals surface area contributed by atoms with Gasteiger partial charge in [0.15, 0.2) is 0 Å². The molecule has 3 rings (SSSR count). The molecule has 2 N–H and O–H groups in total. The predicted octanol–water partition coefficient (Wildman–Crippen LogP) is 4.32. The van der Waals surface area contributed by atoms with Crippen LogP contribution in [0.4, 0.5) is 10.7 Å². The minimum absolute atomic E-state index is 0.113. The average molecular weight is 487 g/mol. The van der Waals surface area contributed by atoms with Gasteiger partial charge in [0.05, 0.1) is 28.6 Å². The molecule has 0 unspecified atom stereocenters. The lowest BCUT2D eigenvalue weighted by Gasteiger charge is -2.15. The Hall–Kier alpha value is -3.08. The van der Waals surface area contributed by atoms with Gasteiger partial charge in [-0.3, -0.25) is 14.5 Å². The summed E-state index contributed by atoms with van der Waals surface area (Å²) in [4.78, 5) is 45.7. The molecule has 2 amide bonds. The van der Waals surface area contributed by atoms with Crippen molar-refractivity contribution >= 4 is 51.1 Å². The quantitative estimate of drug-likeness (QED) is 0.437. The summed E-state index contributed by atoms with van der Waals surface area (Å²) in [5.41, 5.74) is 1.31. The van der Waals surface area contributed by atoms with Crippen LogP contribution in [0.15, 0.2) is 36.5 Å². The Morgan fingerprint density at radius 2 is 1.82 bits per heavy atom. The number of esters is 1. The summed E-state index contributed by atoms with van der Waals surface area (Å²) in [6, 6.07) is 9.03. The first-order valence-electron chi connectivity index (χ1n) is 10.3. The van der Waals surface area contributed by atoms with E-state index in [2.05, 4.69) is 15.6 Å². The fourth-order valence-corrected chi connectivity index (χ4v) is 5.17. The maximum absolute atomic E-state index is 12.9. The van der Waals surface area contributed by atoms with Crippen LogP contribution in [0.1, 0.15) is 42.4 Å². The maximum Gasteiger partial charge on any atom is 0.341 e. The third-order valence-electron chi connectivity index (χ3n) is 4.63. The molecule has 174 valence electrons. The van der Waals surface area contributed by atoms with Crippen LogP contribution in [0.5, 0.6) is 0 Å². The first-order chi connectivity index (χ1) is 15.8. The van der Waals surface area contributed by atoms with E-state index >= 15 is 0 Å². The summed E-state index contributed by atoms with van der Waals surface area (Å²) in [7, 11) is 1.83. The van der Waals surface area contributed by atoms with Gasteiger partial charge in [0.25, 0.3) is 5.91 Å². The molecule has 0 aliphatic rings. The van der Waals surface area contributed by atoms with Crippen molar-refractivity contribution in [3.63, 3.8) is 0 Å². The number of hydrogen-bond donors (Lipinski definition) is 2. The number of carbonyl (C=O) groups is 3. The fourth-order valence-electron chi connectivity index (χ4n) is 3.19. The molecule has 3 aromatic rings. The van der Waals surface area contributed by atoms with Gasteiger partial charge in [-0.15, -0.1) is 22.7 Å². The molecule has 2 aromatic heterocycles. The minimum Gasteiger partial charge on any atom is -0.462 e. The highest BCUT2D eigenvalue weighted by molar-refractivity contribution is 7.19. The van der Waals surface area contributed by atoms with Gasteiger partial charge in [-0.1, -0.05) is 18.2 Å². The number of aryl methyl sites for hydroxylation is 1. The van der Waals surface area contributed by atoms with E-state index in [0.29, 0.717) is 27.7 Å². The van der Waals surface area contributed by atoms with Crippen molar-refractivity contribution < 1.29 is 19.1 Å². The number of aromatic nitrogens is 1. The number of thiazole rings is 1. The first-order valence-corrected chi connectivity index (χ1v) is 12.0. The summed E-state index contributed by atoms with van der Waals surface area (Å²) in [5, 5.41) is 6.89. The smallest absolute Gasteiger partial charge is 0.341 e. The molecule has 33 heavy (non-hydrogen) atoms. The highest BCUT2D eigenvalue weighted by Crippen LogP contribution is 2.34. The van der Waals surface area contributed by atoms with Gasteiger partial charge < -0.3 is 15.4 Å². The Kier molecular flexibility index (Phi) is 8.32. The van der Waals surface area contributed by atoms with E-state index in [9.17, 15) is 14.4 Å². The van der Waals surface area contributed by atoms with E-state index in [1.807, 2.05) is 37.1 Å². The molecular formula is C23H26N4O4S2. The van der Waals surface area contributed by atoms with Crippen LogP contribution in [0, 0.1) is 13.8 Å². The Balaban J connectivity index is 1.77. The molecule has 0 radical (unpaired) electrons. The second-order valence-corrected chi connectivity index (χ2v) is 9.71. The van der Waals surface area contributed by atoms with Crippen LogP contribution >= 0.6 is 22.7 Å². The molecule has 0 atom stereocenters. The first kappa shape index (κ1) is 24.6. The number of likely N-dealkylation sites (N-methyl/N-ethyl adjacent to an activating group) is 1. The van der Waals surface area contributed by atoms with Gasteiger partial charge in [0.1, 0.15) is 5.00 Å². The van der Waals surface area contributed by atoms with Gasteiger partial charge in [-0.25, -0.2) is 9.78 Å². The zero-order valence-electron chi connectivity index (χ0n) is 18.9. The normalized spacial score (nSPS) is 10.8. The molecular weight excluding hydrogens is 460 g/mol. The second-order valence-electron chi connectivity index (χ2n) is 7.37.